The summed E-state index contributed by atoms with van der Waals surface area (Å²) < 4.78 is 39.2. The van der Waals surface area contributed by atoms with Crippen molar-refractivity contribution in [1.82, 2.24) is 5.32 Å². The highest BCUT2D eigenvalue weighted by Crippen LogP contribution is 2.37. The van der Waals surface area contributed by atoms with E-state index >= 15 is 0 Å². The lowest BCUT2D eigenvalue weighted by molar-refractivity contribution is 0.0954. The third-order valence-corrected chi connectivity index (χ3v) is 6.80. The SMILES string of the molecule is COc1cc(OC)c(NS(=O)(=O)c2cc(C(=O)NCCc3ccccc3)ccc2C)cc1Cl. The van der Waals surface area contributed by atoms with E-state index in [1.807, 2.05) is 30.3 Å². The first-order valence-corrected chi connectivity index (χ1v) is 12.0. The standard InChI is InChI=1S/C24H25ClN2O5S/c1-16-9-10-18(24(28)26-12-11-17-7-5-4-6-8-17)13-23(16)33(29,30)27-20-14-19(25)21(31-2)15-22(20)32-3/h4-10,13-15,27H,11-12H2,1-3H3,(H,26,28). The van der Waals surface area contributed by atoms with Crippen LogP contribution in [0.25, 0.3) is 0 Å². The zero-order valence-corrected chi connectivity index (χ0v) is 20.1. The van der Waals surface area contributed by atoms with E-state index in [1.165, 1.54) is 32.4 Å². The van der Waals surface area contributed by atoms with E-state index in [1.54, 1.807) is 19.1 Å². The molecule has 3 aromatic carbocycles. The predicted molar refractivity (Wildman–Crippen MR) is 129 cm³/mol. The van der Waals surface area contributed by atoms with Gasteiger partial charge in [0.25, 0.3) is 15.9 Å². The number of methoxy groups -OCH3 is 2. The molecule has 0 bridgehead atoms. The van der Waals surface area contributed by atoms with Gasteiger partial charge in [0.2, 0.25) is 0 Å². The van der Waals surface area contributed by atoms with Crippen LogP contribution in [-0.2, 0) is 16.4 Å². The normalized spacial score (nSPS) is 11.0. The smallest absolute Gasteiger partial charge is 0.262 e. The minimum Gasteiger partial charge on any atom is -0.495 e. The molecule has 0 unspecified atom stereocenters. The average molecular weight is 489 g/mol. The molecule has 0 aromatic heterocycles. The number of hydrogen-bond acceptors (Lipinski definition) is 5. The minimum absolute atomic E-state index is 0.0211. The first-order chi connectivity index (χ1) is 15.7. The van der Waals surface area contributed by atoms with Gasteiger partial charge in [0.1, 0.15) is 11.5 Å². The van der Waals surface area contributed by atoms with Gasteiger partial charge < -0.3 is 14.8 Å². The zero-order chi connectivity index (χ0) is 24.0. The summed E-state index contributed by atoms with van der Waals surface area (Å²) in [7, 11) is -1.18. The second kappa shape index (κ2) is 10.6. The van der Waals surface area contributed by atoms with E-state index in [2.05, 4.69) is 10.0 Å². The summed E-state index contributed by atoms with van der Waals surface area (Å²) in [6, 6.07) is 17.2. The molecule has 1 amide bonds. The van der Waals surface area contributed by atoms with Crippen molar-refractivity contribution in [2.75, 3.05) is 25.5 Å². The molecule has 0 atom stereocenters. The molecule has 9 heteroatoms. The summed E-state index contributed by atoms with van der Waals surface area (Å²) >= 11 is 6.16. The molecule has 0 aliphatic carbocycles. The van der Waals surface area contributed by atoms with Crippen LogP contribution < -0.4 is 19.5 Å². The van der Waals surface area contributed by atoms with Gasteiger partial charge in [-0.25, -0.2) is 8.42 Å². The summed E-state index contributed by atoms with van der Waals surface area (Å²) in [5.74, 6) is 0.238. The molecule has 0 radical (unpaired) electrons. The molecule has 0 heterocycles. The Labute approximate surface area is 198 Å². The molecule has 0 aliphatic rings. The molecule has 33 heavy (non-hydrogen) atoms. The van der Waals surface area contributed by atoms with Gasteiger partial charge in [0.15, 0.2) is 0 Å². The lowest BCUT2D eigenvalue weighted by Crippen LogP contribution is -2.26. The topological polar surface area (TPSA) is 93.7 Å². The van der Waals surface area contributed by atoms with Crippen molar-refractivity contribution in [3.63, 3.8) is 0 Å². The van der Waals surface area contributed by atoms with Crippen molar-refractivity contribution in [2.45, 2.75) is 18.2 Å². The number of ether oxygens (including phenoxy) is 2. The fraction of sp³-hybridized carbons (Fsp3) is 0.208. The summed E-state index contributed by atoms with van der Waals surface area (Å²) in [6.45, 7) is 2.09. The number of carbonyl (C=O) groups excluding carboxylic acids is 1. The lowest BCUT2D eigenvalue weighted by Gasteiger charge is -2.16. The Morgan fingerprint density at radius 2 is 1.67 bits per heavy atom. The third kappa shape index (κ3) is 5.97. The van der Waals surface area contributed by atoms with Gasteiger partial charge >= 0.3 is 0 Å². The number of carbonyl (C=O) groups is 1. The van der Waals surface area contributed by atoms with Crippen molar-refractivity contribution in [3.05, 3.63) is 82.4 Å². The molecule has 174 valence electrons. The van der Waals surface area contributed by atoms with Gasteiger partial charge in [-0.05, 0) is 42.7 Å². The van der Waals surface area contributed by atoms with Crippen LogP contribution in [0.15, 0.2) is 65.6 Å². The van der Waals surface area contributed by atoms with E-state index in [0.29, 0.717) is 24.3 Å². The Bertz CT molecular complexity index is 1250. The highest BCUT2D eigenvalue weighted by atomic mass is 35.5. The van der Waals surface area contributed by atoms with E-state index in [4.69, 9.17) is 21.1 Å². The second-order valence-corrected chi connectivity index (χ2v) is 9.32. The second-order valence-electron chi connectivity index (χ2n) is 7.26. The molecule has 0 aliphatic heterocycles. The number of rotatable bonds is 9. The van der Waals surface area contributed by atoms with E-state index < -0.39 is 10.0 Å². The first kappa shape index (κ1) is 24.4. The maximum atomic E-state index is 13.2. The molecular formula is C24H25ClN2O5S. The average Bonchev–Trinajstić information content (AvgIpc) is 2.80. The molecule has 3 rings (SSSR count). The number of nitrogens with one attached hydrogen (secondary N) is 2. The predicted octanol–water partition coefficient (Wildman–Crippen LogP) is 4.44. The first-order valence-electron chi connectivity index (χ1n) is 10.1. The molecule has 0 saturated heterocycles. The van der Waals surface area contributed by atoms with Gasteiger partial charge in [0, 0.05) is 18.2 Å². The molecule has 0 spiro atoms. The summed E-state index contributed by atoms with van der Waals surface area (Å²) in [5.41, 5.74) is 1.98. The molecule has 7 nitrogen and oxygen atoms in total. The number of aryl methyl sites for hydroxylation is 1. The van der Waals surface area contributed by atoms with Gasteiger partial charge in [-0.2, -0.15) is 0 Å². The fourth-order valence-corrected chi connectivity index (χ4v) is 4.81. The Hall–Kier alpha value is -3.23. The van der Waals surface area contributed by atoms with Crippen LogP contribution in [0, 0.1) is 6.92 Å². The largest absolute Gasteiger partial charge is 0.495 e. The molecule has 2 N–H and O–H groups in total. The van der Waals surface area contributed by atoms with Gasteiger partial charge in [0.05, 0.1) is 29.8 Å². The zero-order valence-electron chi connectivity index (χ0n) is 18.5. The van der Waals surface area contributed by atoms with Crippen molar-refractivity contribution >= 4 is 33.2 Å². The van der Waals surface area contributed by atoms with Crippen molar-refractivity contribution < 1.29 is 22.7 Å². The Balaban J connectivity index is 1.80. The van der Waals surface area contributed by atoms with Gasteiger partial charge in [-0.15, -0.1) is 0 Å². The molecule has 0 saturated carbocycles. The van der Waals surface area contributed by atoms with E-state index in [9.17, 15) is 13.2 Å². The minimum atomic E-state index is -4.04. The maximum Gasteiger partial charge on any atom is 0.262 e. The highest BCUT2D eigenvalue weighted by molar-refractivity contribution is 7.92. The summed E-state index contributed by atoms with van der Waals surface area (Å²) in [6.07, 6.45) is 0.670. The number of sulfonamides is 1. The third-order valence-electron chi connectivity index (χ3n) is 5.00. The maximum absolute atomic E-state index is 13.2. The van der Waals surface area contributed by atoms with Crippen molar-refractivity contribution in [3.8, 4) is 11.5 Å². The lowest BCUT2D eigenvalue weighted by atomic mass is 10.1. The van der Waals surface area contributed by atoms with Crippen LogP contribution >= 0.6 is 11.6 Å². The van der Waals surface area contributed by atoms with Gasteiger partial charge in [-0.1, -0.05) is 48.0 Å². The Morgan fingerprint density at radius 1 is 0.970 bits per heavy atom. The van der Waals surface area contributed by atoms with Crippen LogP contribution in [-0.4, -0.2) is 35.1 Å². The summed E-state index contributed by atoms with van der Waals surface area (Å²) in [5, 5.41) is 3.05. The number of hydrogen-bond donors (Lipinski definition) is 2. The van der Waals surface area contributed by atoms with Crippen molar-refractivity contribution in [1.29, 1.82) is 0 Å². The number of anilines is 1. The Morgan fingerprint density at radius 3 is 2.33 bits per heavy atom. The van der Waals surface area contributed by atoms with Crippen LogP contribution in [0.4, 0.5) is 5.69 Å². The Kier molecular flexibility index (Phi) is 7.84. The van der Waals surface area contributed by atoms with Crippen LogP contribution in [0.5, 0.6) is 11.5 Å². The van der Waals surface area contributed by atoms with Gasteiger partial charge in [-0.3, -0.25) is 9.52 Å². The quantitative estimate of drug-likeness (QED) is 0.464. The van der Waals surface area contributed by atoms with E-state index in [0.717, 1.165) is 5.56 Å². The van der Waals surface area contributed by atoms with Crippen molar-refractivity contribution in [2.24, 2.45) is 0 Å². The van der Waals surface area contributed by atoms with Crippen LogP contribution in [0.1, 0.15) is 21.5 Å². The monoisotopic (exact) mass is 488 g/mol. The molecule has 3 aromatic rings. The number of benzene rings is 3. The fourth-order valence-electron chi connectivity index (χ4n) is 3.24. The summed E-state index contributed by atoms with van der Waals surface area (Å²) in [4.78, 5) is 12.6. The number of amides is 1. The van der Waals surface area contributed by atoms with Crippen LogP contribution in [0.2, 0.25) is 5.02 Å². The van der Waals surface area contributed by atoms with E-state index in [-0.39, 0.29) is 32.8 Å². The molecular weight excluding hydrogens is 464 g/mol. The van der Waals surface area contributed by atoms with Crippen LogP contribution in [0.3, 0.4) is 0 Å². The molecule has 0 fully saturated rings. The highest BCUT2D eigenvalue weighted by Gasteiger charge is 2.22. The number of halogens is 1.